The molecule has 28 heavy (non-hydrogen) atoms. The van der Waals surface area contributed by atoms with Gasteiger partial charge >= 0.3 is 21.5 Å². The van der Waals surface area contributed by atoms with Gasteiger partial charge in [0, 0.05) is 0 Å². The van der Waals surface area contributed by atoms with Crippen LogP contribution in [0.1, 0.15) is 31.1 Å². The predicted molar refractivity (Wildman–Crippen MR) is 87.4 cm³/mol. The molecule has 2 aromatic carbocycles. The van der Waals surface area contributed by atoms with Crippen LogP contribution in [0.25, 0.3) is 0 Å². The van der Waals surface area contributed by atoms with Gasteiger partial charge in [0.2, 0.25) is 0 Å². The number of alkyl halides is 3. The third-order valence-corrected chi connectivity index (χ3v) is 4.73. The zero-order chi connectivity index (χ0) is 20.7. The summed E-state index contributed by atoms with van der Waals surface area (Å²) in [7, 11) is -5.80. The van der Waals surface area contributed by atoms with Gasteiger partial charge in [-0.15, -0.1) is 0 Å². The van der Waals surface area contributed by atoms with E-state index in [9.17, 15) is 36.0 Å². The van der Waals surface area contributed by atoms with E-state index in [-0.39, 0.29) is 16.2 Å². The molecule has 1 aliphatic rings. The fourth-order valence-electron chi connectivity index (χ4n) is 2.33. The highest BCUT2D eigenvalue weighted by atomic mass is 32.2. The van der Waals surface area contributed by atoms with E-state index in [1.54, 1.807) is 0 Å². The first-order chi connectivity index (χ1) is 13.0. The van der Waals surface area contributed by atoms with Crippen molar-refractivity contribution in [3.8, 4) is 0 Å². The van der Waals surface area contributed by atoms with Crippen molar-refractivity contribution in [2.24, 2.45) is 0 Å². The molecular formula is C16H9F3N2O6S. The molecular weight excluding hydrogens is 405 g/mol. The number of para-hydroxylation sites is 1. The quantitative estimate of drug-likeness (QED) is 0.769. The summed E-state index contributed by atoms with van der Waals surface area (Å²) in [4.78, 5) is 41.4. The number of carbonyl (C=O) groups excluding carboxylic acids is 3. The molecule has 0 radical (unpaired) electrons. The van der Waals surface area contributed by atoms with Crippen LogP contribution in [0.4, 0.5) is 18.9 Å². The van der Waals surface area contributed by atoms with Crippen LogP contribution < -0.4 is 4.72 Å². The Morgan fingerprint density at radius 1 is 0.929 bits per heavy atom. The van der Waals surface area contributed by atoms with Crippen LogP contribution in [-0.4, -0.2) is 36.8 Å². The van der Waals surface area contributed by atoms with Crippen molar-refractivity contribution < 1.29 is 40.8 Å². The molecule has 2 aromatic rings. The van der Waals surface area contributed by atoms with E-state index in [0.29, 0.717) is 0 Å². The first-order valence-corrected chi connectivity index (χ1v) is 8.89. The van der Waals surface area contributed by atoms with Crippen LogP contribution >= 0.6 is 0 Å². The highest BCUT2D eigenvalue weighted by molar-refractivity contribution is 7.93. The number of benzene rings is 2. The average Bonchev–Trinajstić information content (AvgIpc) is 2.86. The van der Waals surface area contributed by atoms with Crippen molar-refractivity contribution in [2.75, 3.05) is 4.72 Å². The molecule has 12 heteroatoms. The van der Waals surface area contributed by atoms with Crippen molar-refractivity contribution in [2.45, 2.75) is 5.51 Å². The summed E-state index contributed by atoms with van der Waals surface area (Å²) in [5.41, 5.74) is -7.03. The maximum absolute atomic E-state index is 12.6. The van der Waals surface area contributed by atoms with Crippen molar-refractivity contribution in [3.63, 3.8) is 0 Å². The van der Waals surface area contributed by atoms with Crippen molar-refractivity contribution >= 4 is 33.5 Å². The van der Waals surface area contributed by atoms with Crippen LogP contribution in [0.2, 0.25) is 0 Å². The maximum atomic E-state index is 12.6. The van der Waals surface area contributed by atoms with Gasteiger partial charge in [0.15, 0.2) is 0 Å². The number of hydrogen-bond donors (Lipinski definition) is 1. The lowest BCUT2D eigenvalue weighted by Gasteiger charge is -2.16. The van der Waals surface area contributed by atoms with Gasteiger partial charge in [-0.1, -0.05) is 29.3 Å². The molecule has 0 atom stereocenters. The van der Waals surface area contributed by atoms with Crippen molar-refractivity contribution in [1.82, 2.24) is 5.06 Å². The smallest absolute Gasteiger partial charge is 0.324 e. The lowest BCUT2D eigenvalue weighted by atomic mass is 10.1. The molecule has 1 N–H and O–H groups in total. The zero-order valence-corrected chi connectivity index (χ0v) is 14.4. The second-order valence-corrected chi connectivity index (χ2v) is 7.10. The number of nitrogens with zero attached hydrogens (tertiary/aromatic N) is 1. The normalized spacial score (nSPS) is 14.0. The topological polar surface area (TPSA) is 110 Å². The standard InChI is InChI=1S/C16H9F3N2O6S/c17-16(18,19)28(25,26)20-12-8-4-3-7-11(12)15(24)27-21-13(22)9-5-1-2-6-10(9)14(21)23/h1-8,20H. The van der Waals surface area contributed by atoms with Gasteiger partial charge in [0.05, 0.1) is 22.4 Å². The van der Waals surface area contributed by atoms with Crippen LogP contribution in [-0.2, 0) is 14.9 Å². The highest BCUT2D eigenvalue weighted by Gasteiger charge is 2.46. The molecule has 8 nitrogen and oxygen atoms in total. The minimum Gasteiger partial charge on any atom is -0.324 e. The van der Waals surface area contributed by atoms with Gasteiger partial charge in [-0.2, -0.15) is 21.6 Å². The van der Waals surface area contributed by atoms with Crippen molar-refractivity contribution in [3.05, 3.63) is 65.2 Å². The first-order valence-electron chi connectivity index (χ1n) is 7.41. The number of hydroxylamine groups is 2. The van der Waals surface area contributed by atoms with E-state index >= 15 is 0 Å². The number of amides is 2. The molecule has 0 bridgehead atoms. The lowest BCUT2D eigenvalue weighted by Crippen LogP contribution is -2.34. The maximum Gasteiger partial charge on any atom is 0.516 e. The number of halogens is 3. The Kier molecular flexibility index (Phi) is 4.59. The summed E-state index contributed by atoms with van der Waals surface area (Å²) in [6.45, 7) is 0. The summed E-state index contributed by atoms with van der Waals surface area (Å²) >= 11 is 0. The second-order valence-electron chi connectivity index (χ2n) is 5.43. The SMILES string of the molecule is O=C(ON1C(=O)c2ccccc2C1=O)c1ccccc1NS(=O)(=O)C(F)(F)F. The summed E-state index contributed by atoms with van der Waals surface area (Å²) in [6, 6.07) is 9.88. The van der Waals surface area contributed by atoms with Gasteiger partial charge in [0.25, 0.3) is 11.8 Å². The minimum absolute atomic E-state index is 0.0219. The Bertz CT molecular complexity index is 1060. The molecule has 2 amide bonds. The van der Waals surface area contributed by atoms with E-state index in [1.807, 2.05) is 0 Å². The number of imide groups is 1. The summed E-state index contributed by atoms with van der Waals surface area (Å²) in [5.74, 6) is -3.29. The molecule has 146 valence electrons. The van der Waals surface area contributed by atoms with E-state index in [4.69, 9.17) is 4.84 Å². The number of fused-ring (bicyclic) bond motifs is 1. The Morgan fingerprint density at radius 3 is 1.96 bits per heavy atom. The number of hydrogen-bond acceptors (Lipinski definition) is 6. The molecule has 3 rings (SSSR count). The fourth-order valence-corrected chi connectivity index (χ4v) is 2.92. The number of nitrogens with one attached hydrogen (secondary N) is 1. The molecule has 0 unspecified atom stereocenters. The number of rotatable bonds is 4. The summed E-state index contributed by atoms with van der Waals surface area (Å²) in [5, 5.41) is 0.155. The Hall–Kier alpha value is -3.41. The fraction of sp³-hybridized carbons (Fsp3) is 0.0625. The third-order valence-electron chi connectivity index (χ3n) is 3.63. The average molecular weight is 414 g/mol. The van der Waals surface area contributed by atoms with Crippen LogP contribution in [0.5, 0.6) is 0 Å². The van der Waals surface area contributed by atoms with Gasteiger partial charge < -0.3 is 4.84 Å². The predicted octanol–water partition coefficient (Wildman–Crippen LogP) is 2.32. The molecule has 1 heterocycles. The van der Waals surface area contributed by atoms with E-state index in [1.165, 1.54) is 41.1 Å². The van der Waals surface area contributed by atoms with Gasteiger partial charge in [-0.05, 0) is 24.3 Å². The van der Waals surface area contributed by atoms with Crippen molar-refractivity contribution in [1.29, 1.82) is 0 Å². The first kappa shape index (κ1) is 19.4. The molecule has 1 aliphatic heterocycles. The molecule has 0 spiro atoms. The minimum atomic E-state index is -5.80. The van der Waals surface area contributed by atoms with E-state index in [0.717, 1.165) is 12.1 Å². The van der Waals surface area contributed by atoms with Crippen LogP contribution in [0.15, 0.2) is 48.5 Å². The van der Waals surface area contributed by atoms with E-state index < -0.39 is 44.6 Å². The Labute approximate surface area is 155 Å². The summed E-state index contributed by atoms with van der Waals surface area (Å²) < 4.78 is 61.5. The number of sulfonamides is 1. The monoisotopic (exact) mass is 414 g/mol. The highest BCUT2D eigenvalue weighted by Crippen LogP contribution is 2.28. The van der Waals surface area contributed by atoms with Crippen LogP contribution in [0, 0.1) is 0 Å². The Morgan fingerprint density at radius 2 is 1.43 bits per heavy atom. The Balaban J connectivity index is 1.87. The largest absolute Gasteiger partial charge is 0.516 e. The molecule has 0 fully saturated rings. The molecule has 0 aliphatic carbocycles. The van der Waals surface area contributed by atoms with Gasteiger partial charge in [-0.25, -0.2) is 4.79 Å². The summed E-state index contributed by atoms with van der Waals surface area (Å²) in [6.07, 6.45) is 0. The number of carbonyl (C=O) groups is 3. The number of anilines is 1. The lowest BCUT2D eigenvalue weighted by molar-refractivity contribution is -0.0583. The molecule has 0 saturated carbocycles. The second kappa shape index (κ2) is 6.64. The van der Waals surface area contributed by atoms with Crippen LogP contribution in [0.3, 0.4) is 0 Å². The van der Waals surface area contributed by atoms with Gasteiger partial charge in [-0.3, -0.25) is 14.3 Å². The zero-order valence-electron chi connectivity index (χ0n) is 13.6. The van der Waals surface area contributed by atoms with E-state index in [2.05, 4.69) is 0 Å². The molecule has 0 saturated heterocycles. The van der Waals surface area contributed by atoms with Gasteiger partial charge in [0.1, 0.15) is 0 Å². The molecule has 0 aromatic heterocycles. The third kappa shape index (κ3) is 3.29.